The SMILES string of the molecule is CC(C)NCc1coc(CN2CCc3ccccc32)c1. The molecular weight excluding hydrogens is 248 g/mol. The second kappa shape index (κ2) is 5.71. The van der Waals surface area contributed by atoms with Gasteiger partial charge in [0.05, 0.1) is 12.8 Å². The van der Waals surface area contributed by atoms with Crippen molar-refractivity contribution in [1.82, 2.24) is 5.32 Å². The van der Waals surface area contributed by atoms with E-state index in [-0.39, 0.29) is 0 Å². The van der Waals surface area contributed by atoms with Gasteiger partial charge in [-0.1, -0.05) is 32.0 Å². The first-order valence-electron chi connectivity index (χ1n) is 7.35. The molecule has 0 atom stereocenters. The van der Waals surface area contributed by atoms with Gasteiger partial charge in [-0.15, -0.1) is 0 Å². The van der Waals surface area contributed by atoms with E-state index in [4.69, 9.17) is 4.42 Å². The van der Waals surface area contributed by atoms with Gasteiger partial charge in [-0.3, -0.25) is 0 Å². The quantitative estimate of drug-likeness (QED) is 0.903. The maximum atomic E-state index is 5.69. The van der Waals surface area contributed by atoms with Gasteiger partial charge in [0.15, 0.2) is 0 Å². The minimum absolute atomic E-state index is 0.499. The van der Waals surface area contributed by atoms with Gasteiger partial charge in [0.1, 0.15) is 5.76 Å². The summed E-state index contributed by atoms with van der Waals surface area (Å²) in [5.41, 5.74) is 4.02. The third-order valence-electron chi connectivity index (χ3n) is 3.75. The molecule has 0 aliphatic carbocycles. The van der Waals surface area contributed by atoms with Crippen LogP contribution in [0.4, 0.5) is 5.69 Å². The zero-order chi connectivity index (χ0) is 13.9. The first-order chi connectivity index (χ1) is 9.72. The van der Waals surface area contributed by atoms with Crippen molar-refractivity contribution in [2.45, 2.75) is 39.4 Å². The van der Waals surface area contributed by atoms with Gasteiger partial charge in [0.25, 0.3) is 0 Å². The molecule has 1 aliphatic rings. The van der Waals surface area contributed by atoms with Crippen LogP contribution in [0.3, 0.4) is 0 Å². The van der Waals surface area contributed by atoms with Gasteiger partial charge in [-0.25, -0.2) is 0 Å². The Morgan fingerprint density at radius 3 is 3.00 bits per heavy atom. The van der Waals surface area contributed by atoms with Crippen LogP contribution >= 0.6 is 0 Å². The van der Waals surface area contributed by atoms with Crippen LogP contribution in [-0.2, 0) is 19.5 Å². The molecule has 3 rings (SSSR count). The minimum atomic E-state index is 0.499. The van der Waals surface area contributed by atoms with Gasteiger partial charge in [0, 0.05) is 30.4 Å². The lowest BCUT2D eigenvalue weighted by Crippen LogP contribution is -2.21. The summed E-state index contributed by atoms with van der Waals surface area (Å²) in [4.78, 5) is 2.40. The van der Waals surface area contributed by atoms with Crippen LogP contribution < -0.4 is 10.2 Å². The molecule has 0 fully saturated rings. The number of hydrogen-bond acceptors (Lipinski definition) is 3. The van der Waals surface area contributed by atoms with E-state index >= 15 is 0 Å². The number of para-hydroxylation sites is 1. The molecule has 1 aromatic carbocycles. The van der Waals surface area contributed by atoms with Crippen molar-refractivity contribution in [3.8, 4) is 0 Å². The van der Waals surface area contributed by atoms with E-state index in [1.54, 1.807) is 0 Å². The van der Waals surface area contributed by atoms with Crippen molar-refractivity contribution < 1.29 is 4.42 Å². The number of fused-ring (bicyclic) bond motifs is 1. The van der Waals surface area contributed by atoms with Crippen LogP contribution in [0, 0.1) is 0 Å². The Labute approximate surface area is 120 Å². The summed E-state index contributed by atoms with van der Waals surface area (Å²) in [6, 6.07) is 11.3. The van der Waals surface area contributed by atoms with Crippen molar-refractivity contribution in [3.63, 3.8) is 0 Å². The van der Waals surface area contributed by atoms with Gasteiger partial charge in [-0.05, 0) is 24.1 Å². The van der Waals surface area contributed by atoms with E-state index in [2.05, 4.69) is 54.4 Å². The number of benzene rings is 1. The van der Waals surface area contributed by atoms with Crippen LogP contribution in [-0.4, -0.2) is 12.6 Å². The van der Waals surface area contributed by atoms with Crippen molar-refractivity contribution in [1.29, 1.82) is 0 Å². The fourth-order valence-electron chi connectivity index (χ4n) is 2.68. The molecule has 1 N–H and O–H groups in total. The lowest BCUT2D eigenvalue weighted by molar-refractivity contribution is 0.500. The summed E-state index contributed by atoms with van der Waals surface area (Å²) in [7, 11) is 0. The smallest absolute Gasteiger partial charge is 0.123 e. The van der Waals surface area contributed by atoms with E-state index in [1.807, 2.05) is 6.26 Å². The number of anilines is 1. The van der Waals surface area contributed by atoms with Crippen LogP contribution in [0.2, 0.25) is 0 Å². The maximum absolute atomic E-state index is 5.69. The predicted molar refractivity (Wildman–Crippen MR) is 81.9 cm³/mol. The second-order valence-electron chi connectivity index (χ2n) is 5.76. The molecule has 0 spiro atoms. The van der Waals surface area contributed by atoms with Crippen LogP contribution in [0.25, 0.3) is 0 Å². The molecule has 20 heavy (non-hydrogen) atoms. The van der Waals surface area contributed by atoms with Crippen molar-refractivity contribution >= 4 is 5.69 Å². The normalized spacial score (nSPS) is 14.1. The Morgan fingerprint density at radius 1 is 1.30 bits per heavy atom. The number of rotatable bonds is 5. The first kappa shape index (κ1) is 13.3. The van der Waals surface area contributed by atoms with Gasteiger partial charge in [0.2, 0.25) is 0 Å². The molecule has 0 unspecified atom stereocenters. The average Bonchev–Trinajstić information content (AvgIpc) is 3.05. The highest BCUT2D eigenvalue weighted by Crippen LogP contribution is 2.29. The largest absolute Gasteiger partial charge is 0.467 e. The Kier molecular flexibility index (Phi) is 3.79. The zero-order valence-corrected chi connectivity index (χ0v) is 12.2. The number of furan rings is 1. The molecule has 0 radical (unpaired) electrons. The van der Waals surface area contributed by atoms with Gasteiger partial charge < -0.3 is 14.6 Å². The fraction of sp³-hybridized carbons (Fsp3) is 0.412. The zero-order valence-electron chi connectivity index (χ0n) is 12.2. The molecule has 0 saturated carbocycles. The lowest BCUT2D eigenvalue weighted by atomic mass is 10.2. The highest BCUT2D eigenvalue weighted by atomic mass is 16.3. The molecule has 2 aromatic rings. The maximum Gasteiger partial charge on any atom is 0.123 e. The van der Waals surface area contributed by atoms with E-state index in [1.165, 1.54) is 16.8 Å². The molecule has 1 aliphatic heterocycles. The summed E-state index contributed by atoms with van der Waals surface area (Å²) in [5, 5.41) is 3.41. The van der Waals surface area contributed by atoms with Crippen molar-refractivity contribution in [2.24, 2.45) is 0 Å². The third-order valence-corrected chi connectivity index (χ3v) is 3.75. The molecule has 0 saturated heterocycles. The standard InChI is InChI=1S/C17H22N2O/c1-13(2)18-10-14-9-16(20-12-14)11-19-8-7-15-5-3-4-6-17(15)19/h3-6,9,12-13,18H,7-8,10-11H2,1-2H3. The van der Waals surface area contributed by atoms with E-state index in [9.17, 15) is 0 Å². The van der Waals surface area contributed by atoms with Crippen LogP contribution in [0.1, 0.15) is 30.7 Å². The Bertz CT molecular complexity index is 574. The predicted octanol–water partition coefficient (Wildman–Crippen LogP) is 3.34. The van der Waals surface area contributed by atoms with E-state index < -0.39 is 0 Å². The highest BCUT2D eigenvalue weighted by Gasteiger charge is 2.19. The first-order valence-corrected chi connectivity index (χ1v) is 7.35. The van der Waals surface area contributed by atoms with Crippen molar-refractivity contribution in [3.05, 3.63) is 53.5 Å². The summed E-state index contributed by atoms with van der Waals surface area (Å²) in [6.45, 7) is 7.13. The molecule has 0 bridgehead atoms. The lowest BCUT2D eigenvalue weighted by Gasteiger charge is -2.17. The van der Waals surface area contributed by atoms with E-state index in [0.717, 1.165) is 31.8 Å². The minimum Gasteiger partial charge on any atom is -0.467 e. The molecule has 2 heterocycles. The molecular formula is C17H22N2O. The summed E-state index contributed by atoms with van der Waals surface area (Å²) in [6.07, 6.45) is 3.01. The Hall–Kier alpha value is -1.74. The molecule has 0 amide bonds. The third kappa shape index (κ3) is 2.88. The van der Waals surface area contributed by atoms with Crippen LogP contribution in [0.15, 0.2) is 41.0 Å². The van der Waals surface area contributed by atoms with Gasteiger partial charge in [-0.2, -0.15) is 0 Å². The monoisotopic (exact) mass is 270 g/mol. The molecule has 3 heteroatoms. The fourth-order valence-corrected chi connectivity index (χ4v) is 2.68. The number of hydrogen-bond donors (Lipinski definition) is 1. The Morgan fingerprint density at radius 2 is 2.15 bits per heavy atom. The second-order valence-corrected chi connectivity index (χ2v) is 5.76. The van der Waals surface area contributed by atoms with Crippen molar-refractivity contribution in [2.75, 3.05) is 11.4 Å². The van der Waals surface area contributed by atoms with Gasteiger partial charge >= 0.3 is 0 Å². The molecule has 3 nitrogen and oxygen atoms in total. The number of nitrogens with one attached hydrogen (secondary N) is 1. The molecule has 1 aromatic heterocycles. The van der Waals surface area contributed by atoms with Crippen LogP contribution in [0.5, 0.6) is 0 Å². The van der Waals surface area contributed by atoms with E-state index in [0.29, 0.717) is 6.04 Å². The number of nitrogens with zero attached hydrogens (tertiary/aromatic N) is 1. The topological polar surface area (TPSA) is 28.4 Å². The highest BCUT2D eigenvalue weighted by molar-refractivity contribution is 5.57. The molecule has 106 valence electrons. The average molecular weight is 270 g/mol. The Balaban J connectivity index is 1.64. The summed E-state index contributed by atoms with van der Waals surface area (Å²) in [5.74, 6) is 1.04. The summed E-state index contributed by atoms with van der Waals surface area (Å²) >= 11 is 0. The summed E-state index contributed by atoms with van der Waals surface area (Å²) < 4.78 is 5.69.